The van der Waals surface area contributed by atoms with E-state index < -0.39 is 0 Å². The second-order valence-electron chi connectivity index (χ2n) is 4.45. The molecule has 0 amide bonds. The van der Waals surface area contributed by atoms with Crippen LogP contribution in [0.2, 0.25) is 0 Å². The lowest BCUT2D eigenvalue weighted by Crippen LogP contribution is -2.26. The lowest BCUT2D eigenvalue weighted by atomic mass is 10.2. The standard InChI is InChI=1S/C14H22N2O/c1-6-17-13-9-7-12(8-10-13)15-14(11(2)3)16(4)5/h7-11H,6H2,1-5H3. The summed E-state index contributed by atoms with van der Waals surface area (Å²) in [6.45, 7) is 6.97. The second-order valence-corrected chi connectivity index (χ2v) is 4.45. The van der Waals surface area contributed by atoms with Gasteiger partial charge < -0.3 is 9.64 Å². The third-order valence-corrected chi connectivity index (χ3v) is 2.37. The molecule has 0 saturated heterocycles. The minimum Gasteiger partial charge on any atom is -0.494 e. The molecule has 0 bridgehead atoms. The Kier molecular flexibility index (Phi) is 5.01. The molecule has 0 radical (unpaired) electrons. The molecule has 1 aromatic rings. The van der Waals surface area contributed by atoms with Gasteiger partial charge in [-0.2, -0.15) is 0 Å². The average Bonchev–Trinajstić information content (AvgIpc) is 2.27. The SMILES string of the molecule is CCOc1ccc(N=C(C(C)C)N(C)C)cc1. The fourth-order valence-electron chi connectivity index (χ4n) is 1.66. The van der Waals surface area contributed by atoms with Crippen LogP contribution >= 0.6 is 0 Å². The minimum atomic E-state index is 0.413. The van der Waals surface area contributed by atoms with Crippen LogP contribution in [0.25, 0.3) is 0 Å². The van der Waals surface area contributed by atoms with Crippen molar-refractivity contribution in [3.63, 3.8) is 0 Å². The van der Waals surface area contributed by atoms with Crippen molar-refractivity contribution in [1.29, 1.82) is 0 Å². The summed E-state index contributed by atoms with van der Waals surface area (Å²) in [4.78, 5) is 6.70. The van der Waals surface area contributed by atoms with E-state index in [-0.39, 0.29) is 0 Å². The van der Waals surface area contributed by atoms with Gasteiger partial charge in [0.25, 0.3) is 0 Å². The Labute approximate surface area is 104 Å². The zero-order valence-electron chi connectivity index (χ0n) is 11.4. The molecular weight excluding hydrogens is 212 g/mol. The van der Waals surface area contributed by atoms with Crippen molar-refractivity contribution in [3.8, 4) is 5.75 Å². The highest BCUT2D eigenvalue weighted by Gasteiger charge is 2.07. The molecule has 0 fully saturated rings. The van der Waals surface area contributed by atoms with E-state index in [2.05, 4.69) is 23.7 Å². The van der Waals surface area contributed by atoms with Gasteiger partial charge >= 0.3 is 0 Å². The van der Waals surface area contributed by atoms with Gasteiger partial charge in [0.05, 0.1) is 12.3 Å². The lowest BCUT2D eigenvalue weighted by Gasteiger charge is -2.19. The maximum atomic E-state index is 5.40. The summed E-state index contributed by atoms with van der Waals surface area (Å²) in [7, 11) is 4.04. The van der Waals surface area contributed by atoms with Crippen LogP contribution < -0.4 is 4.74 Å². The molecule has 0 unspecified atom stereocenters. The Morgan fingerprint density at radius 2 is 1.82 bits per heavy atom. The van der Waals surface area contributed by atoms with Crippen LogP contribution in [0.4, 0.5) is 5.69 Å². The maximum Gasteiger partial charge on any atom is 0.119 e. The number of hydrogen-bond acceptors (Lipinski definition) is 2. The molecule has 0 N–H and O–H groups in total. The number of amidine groups is 1. The van der Waals surface area contributed by atoms with Gasteiger partial charge in [-0.25, -0.2) is 4.99 Å². The van der Waals surface area contributed by atoms with Gasteiger partial charge in [0.1, 0.15) is 11.6 Å². The van der Waals surface area contributed by atoms with Gasteiger partial charge in [0.2, 0.25) is 0 Å². The highest BCUT2D eigenvalue weighted by Crippen LogP contribution is 2.19. The molecule has 0 saturated carbocycles. The number of ether oxygens (including phenoxy) is 1. The van der Waals surface area contributed by atoms with Crippen LogP contribution in [0, 0.1) is 5.92 Å². The topological polar surface area (TPSA) is 24.8 Å². The van der Waals surface area contributed by atoms with Gasteiger partial charge in [0, 0.05) is 20.0 Å². The molecule has 1 aromatic carbocycles. The van der Waals surface area contributed by atoms with E-state index in [0.29, 0.717) is 12.5 Å². The zero-order valence-corrected chi connectivity index (χ0v) is 11.4. The maximum absolute atomic E-state index is 5.40. The third kappa shape index (κ3) is 4.10. The van der Waals surface area contributed by atoms with Crippen molar-refractivity contribution in [3.05, 3.63) is 24.3 Å². The van der Waals surface area contributed by atoms with Gasteiger partial charge in [-0.3, -0.25) is 0 Å². The Morgan fingerprint density at radius 1 is 1.24 bits per heavy atom. The van der Waals surface area contributed by atoms with Gasteiger partial charge in [-0.05, 0) is 31.2 Å². The monoisotopic (exact) mass is 234 g/mol. The first kappa shape index (κ1) is 13.6. The Balaban J connectivity index is 2.88. The number of benzene rings is 1. The van der Waals surface area contributed by atoms with Crippen molar-refractivity contribution in [2.75, 3.05) is 20.7 Å². The first-order valence-corrected chi connectivity index (χ1v) is 6.03. The number of rotatable bonds is 4. The average molecular weight is 234 g/mol. The first-order chi connectivity index (χ1) is 8.04. The zero-order chi connectivity index (χ0) is 12.8. The van der Waals surface area contributed by atoms with Crippen molar-refractivity contribution in [2.24, 2.45) is 10.9 Å². The van der Waals surface area contributed by atoms with E-state index in [9.17, 15) is 0 Å². The fourth-order valence-corrected chi connectivity index (χ4v) is 1.66. The highest BCUT2D eigenvalue weighted by molar-refractivity contribution is 5.86. The van der Waals surface area contributed by atoms with Crippen molar-refractivity contribution in [2.45, 2.75) is 20.8 Å². The molecule has 0 aliphatic carbocycles. The summed E-state index contributed by atoms with van der Waals surface area (Å²) < 4.78 is 5.40. The largest absolute Gasteiger partial charge is 0.494 e. The predicted molar refractivity (Wildman–Crippen MR) is 73.2 cm³/mol. The number of aliphatic imine (C=N–C) groups is 1. The normalized spacial score (nSPS) is 11.8. The third-order valence-electron chi connectivity index (χ3n) is 2.37. The summed E-state index contributed by atoms with van der Waals surface area (Å²) in [6.07, 6.45) is 0. The molecule has 17 heavy (non-hydrogen) atoms. The molecule has 0 spiro atoms. The van der Waals surface area contributed by atoms with Crippen LogP contribution in [-0.2, 0) is 0 Å². The summed E-state index contributed by atoms with van der Waals surface area (Å²) in [5.41, 5.74) is 0.964. The molecule has 0 aromatic heterocycles. The van der Waals surface area contributed by atoms with Crippen LogP contribution in [0.5, 0.6) is 5.75 Å². The van der Waals surface area contributed by atoms with Gasteiger partial charge in [-0.15, -0.1) is 0 Å². The van der Waals surface area contributed by atoms with E-state index in [1.807, 2.05) is 45.3 Å². The fraction of sp³-hybridized carbons (Fsp3) is 0.500. The quantitative estimate of drug-likeness (QED) is 0.589. The predicted octanol–water partition coefficient (Wildman–Crippen LogP) is 3.33. The summed E-state index contributed by atoms with van der Waals surface area (Å²) in [5, 5.41) is 0. The van der Waals surface area contributed by atoms with Crippen molar-refractivity contribution < 1.29 is 4.74 Å². The van der Waals surface area contributed by atoms with E-state index in [1.54, 1.807) is 0 Å². The van der Waals surface area contributed by atoms with Crippen molar-refractivity contribution >= 4 is 11.5 Å². The van der Waals surface area contributed by atoms with E-state index in [1.165, 1.54) is 0 Å². The lowest BCUT2D eigenvalue weighted by molar-refractivity contribution is 0.340. The second kappa shape index (κ2) is 6.28. The van der Waals surface area contributed by atoms with Crippen LogP contribution in [-0.4, -0.2) is 31.4 Å². The minimum absolute atomic E-state index is 0.413. The molecule has 1 rings (SSSR count). The van der Waals surface area contributed by atoms with Crippen LogP contribution in [0.15, 0.2) is 29.3 Å². The molecular formula is C14H22N2O. The molecule has 3 nitrogen and oxygen atoms in total. The first-order valence-electron chi connectivity index (χ1n) is 6.03. The van der Waals surface area contributed by atoms with Crippen LogP contribution in [0.3, 0.4) is 0 Å². The summed E-state index contributed by atoms with van der Waals surface area (Å²) in [6, 6.07) is 7.87. The smallest absolute Gasteiger partial charge is 0.119 e. The van der Waals surface area contributed by atoms with Crippen LogP contribution in [0.1, 0.15) is 20.8 Å². The van der Waals surface area contributed by atoms with Crippen molar-refractivity contribution in [1.82, 2.24) is 4.90 Å². The Hall–Kier alpha value is -1.51. The molecule has 3 heteroatoms. The summed E-state index contributed by atoms with van der Waals surface area (Å²) >= 11 is 0. The van der Waals surface area contributed by atoms with E-state index in [0.717, 1.165) is 17.3 Å². The number of nitrogens with zero attached hydrogens (tertiary/aromatic N) is 2. The van der Waals surface area contributed by atoms with Gasteiger partial charge in [-0.1, -0.05) is 13.8 Å². The van der Waals surface area contributed by atoms with Gasteiger partial charge in [0.15, 0.2) is 0 Å². The van der Waals surface area contributed by atoms with E-state index in [4.69, 9.17) is 4.74 Å². The molecule has 0 atom stereocenters. The summed E-state index contributed by atoms with van der Waals surface area (Å²) in [5.74, 6) is 2.38. The Morgan fingerprint density at radius 3 is 2.24 bits per heavy atom. The van der Waals surface area contributed by atoms with E-state index >= 15 is 0 Å². The molecule has 0 aliphatic heterocycles. The molecule has 0 heterocycles. The number of hydrogen-bond donors (Lipinski definition) is 0. The Bertz CT molecular complexity index is 356. The molecule has 94 valence electrons. The molecule has 0 aliphatic rings. The highest BCUT2D eigenvalue weighted by atomic mass is 16.5.